The number of halogens is 1. The monoisotopic (exact) mass is 372 g/mol. The zero-order chi connectivity index (χ0) is 18.7. The Morgan fingerprint density at radius 3 is 2.77 bits per heavy atom. The van der Waals surface area contributed by atoms with E-state index in [2.05, 4.69) is 5.32 Å². The van der Waals surface area contributed by atoms with E-state index in [-0.39, 0.29) is 18.8 Å². The minimum atomic E-state index is -0.455. The molecular weight excluding hydrogens is 356 g/mol. The summed E-state index contributed by atoms with van der Waals surface area (Å²) in [5.74, 6) is -0.211. The van der Waals surface area contributed by atoms with Gasteiger partial charge in [-0.05, 0) is 37.3 Å². The van der Waals surface area contributed by atoms with E-state index >= 15 is 0 Å². The number of furan rings is 1. The minimum Gasteiger partial charge on any atom is -0.491 e. The highest BCUT2D eigenvalue weighted by molar-refractivity contribution is 6.31. The first-order chi connectivity index (χ1) is 12.5. The molecule has 1 aromatic heterocycles. The number of primary amides is 1. The van der Waals surface area contributed by atoms with Crippen LogP contribution in [0.5, 0.6) is 5.75 Å². The van der Waals surface area contributed by atoms with Crippen LogP contribution >= 0.6 is 11.6 Å². The van der Waals surface area contributed by atoms with E-state index < -0.39 is 11.8 Å². The number of benzene rings is 2. The van der Waals surface area contributed by atoms with Crippen molar-refractivity contribution in [3.63, 3.8) is 0 Å². The van der Waals surface area contributed by atoms with Gasteiger partial charge >= 0.3 is 0 Å². The number of ether oxygens (including phenoxy) is 1. The maximum atomic E-state index is 12.7. The number of carbonyl (C=O) groups excluding carboxylic acids is 2. The van der Waals surface area contributed by atoms with Crippen molar-refractivity contribution in [3.8, 4) is 5.75 Å². The number of rotatable bonds is 6. The molecule has 0 aliphatic rings. The summed E-state index contributed by atoms with van der Waals surface area (Å²) in [6, 6.07) is 12.1. The summed E-state index contributed by atoms with van der Waals surface area (Å²) in [7, 11) is 0. The van der Waals surface area contributed by atoms with Gasteiger partial charge in [-0.25, -0.2) is 0 Å². The van der Waals surface area contributed by atoms with Gasteiger partial charge in [-0.2, -0.15) is 0 Å². The van der Waals surface area contributed by atoms with E-state index in [1.165, 1.54) is 0 Å². The van der Waals surface area contributed by atoms with Crippen LogP contribution < -0.4 is 15.8 Å². The van der Waals surface area contributed by atoms with Crippen LogP contribution in [0.2, 0.25) is 5.02 Å². The van der Waals surface area contributed by atoms with Gasteiger partial charge in [0, 0.05) is 16.0 Å². The molecule has 3 aromatic rings. The second-order valence-electron chi connectivity index (χ2n) is 5.71. The lowest BCUT2D eigenvalue weighted by Crippen LogP contribution is -2.16. The molecule has 3 N–H and O–H groups in total. The van der Waals surface area contributed by atoms with Crippen LogP contribution in [0.15, 0.2) is 46.9 Å². The van der Waals surface area contributed by atoms with Crippen LogP contribution in [-0.2, 0) is 4.79 Å². The van der Waals surface area contributed by atoms with Crippen LogP contribution in [0.4, 0.5) is 5.69 Å². The smallest absolute Gasteiger partial charge is 0.291 e. The summed E-state index contributed by atoms with van der Waals surface area (Å²) < 4.78 is 11.2. The summed E-state index contributed by atoms with van der Waals surface area (Å²) in [6.45, 7) is 1.93. The highest BCUT2D eigenvalue weighted by atomic mass is 35.5. The number of carbonyl (C=O) groups is 2. The minimum absolute atomic E-state index is 0.0890. The van der Waals surface area contributed by atoms with Gasteiger partial charge in [0.1, 0.15) is 11.3 Å². The molecule has 6 nitrogen and oxygen atoms in total. The number of anilines is 1. The van der Waals surface area contributed by atoms with Gasteiger partial charge < -0.3 is 20.2 Å². The van der Waals surface area contributed by atoms with Crippen molar-refractivity contribution >= 4 is 40.1 Å². The molecule has 0 radical (unpaired) electrons. The van der Waals surface area contributed by atoms with Crippen LogP contribution in [-0.4, -0.2) is 18.4 Å². The molecule has 134 valence electrons. The van der Waals surface area contributed by atoms with Crippen molar-refractivity contribution in [2.45, 2.75) is 13.3 Å². The Labute approximate surface area is 154 Å². The Morgan fingerprint density at radius 1 is 1.23 bits per heavy atom. The van der Waals surface area contributed by atoms with E-state index in [0.29, 0.717) is 27.6 Å². The number of hydrogen-bond donors (Lipinski definition) is 2. The van der Waals surface area contributed by atoms with E-state index in [4.69, 9.17) is 26.5 Å². The Balaban J connectivity index is 1.82. The summed E-state index contributed by atoms with van der Waals surface area (Å²) in [6.07, 6.45) is 0.0890. The first kappa shape index (κ1) is 17.8. The Kier molecular flexibility index (Phi) is 5.14. The Morgan fingerprint density at radius 2 is 2.00 bits per heavy atom. The number of fused-ring (bicyclic) bond motifs is 1. The third-order valence-corrected chi connectivity index (χ3v) is 4.08. The van der Waals surface area contributed by atoms with E-state index in [1.807, 2.05) is 0 Å². The zero-order valence-electron chi connectivity index (χ0n) is 14.0. The van der Waals surface area contributed by atoms with Crippen molar-refractivity contribution < 1.29 is 18.7 Å². The molecule has 0 saturated heterocycles. The van der Waals surface area contributed by atoms with E-state index in [1.54, 1.807) is 49.4 Å². The highest BCUT2D eigenvalue weighted by Crippen LogP contribution is 2.30. The van der Waals surface area contributed by atoms with Gasteiger partial charge in [0.05, 0.1) is 18.7 Å². The van der Waals surface area contributed by atoms with Crippen molar-refractivity contribution in [1.82, 2.24) is 0 Å². The first-order valence-corrected chi connectivity index (χ1v) is 8.33. The average Bonchev–Trinajstić information content (AvgIpc) is 2.93. The molecule has 0 fully saturated rings. The third kappa shape index (κ3) is 3.81. The number of hydrogen-bond acceptors (Lipinski definition) is 4. The second-order valence-corrected chi connectivity index (χ2v) is 6.15. The highest BCUT2D eigenvalue weighted by Gasteiger charge is 2.19. The lowest BCUT2D eigenvalue weighted by Gasteiger charge is -2.11. The van der Waals surface area contributed by atoms with Crippen molar-refractivity contribution in [2.75, 3.05) is 11.9 Å². The van der Waals surface area contributed by atoms with Crippen molar-refractivity contribution in [3.05, 3.63) is 58.8 Å². The van der Waals surface area contributed by atoms with Crippen molar-refractivity contribution in [2.24, 2.45) is 5.73 Å². The Hall–Kier alpha value is -2.99. The number of aryl methyl sites for hydroxylation is 1. The first-order valence-electron chi connectivity index (χ1n) is 7.96. The van der Waals surface area contributed by atoms with Gasteiger partial charge in [-0.15, -0.1) is 0 Å². The number of nitrogens with two attached hydrogens (primary N) is 1. The number of amides is 2. The normalized spacial score (nSPS) is 10.7. The van der Waals surface area contributed by atoms with Gasteiger partial charge in [0.15, 0.2) is 5.76 Å². The zero-order valence-corrected chi connectivity index (χ0v) is 14.8. The molecule has 3 rings (SSSR count). The molecule has 0 bridgehead atoms. The fraction of sp³-hybridized carbons (Fsp3) is 0.158. The largest absolute Gasteiger partial charge is 0.491 e. The molecule has 26 heavy (non-hydrogen) atoms. The molecular formula is C19H17ClN2O4. The molecule has 0 spiro atoms. The molecule has 2 aromatic carbocycles. The van der Waals surface area contributed by atoms with Crippen molar-refractivity contribution in [1.29, 1.82) is 0 Å². The van der Waals surface area contributed by atoms with Gasteiger partial charge in [0.25, 0.3) is 5.91 Å². The Bertz CT molecular complexity index is 981. The summed E-state index contributed by atoms with van der Waals surface area (Å²) in [4.78, 5) is 23.5. The molecule has 0 saturated carbocycles. The standard InChI is InChI=1S/C19H17ClN2O4/c1-11-13-10-12(20)6-7-15(13)26-18(11)19(24)22-14-4-2-3-5-16(14)25-9-8-17(21)23/h2-7,10H,8-9H2,1H3,(H2,21,23)(H,22,24). The van der Waals surface area contributed by atoms with Gasteiger partial charge in [0.2, 0.25) is 5.91 Å². The van der Waals surface area contributed by atoms with E-state index in [9.17, 15) is 9.59 Å². The second kappa shape index (κ2) is 7.49. The maximum absolute atomic E-state index is 12.7. The molecule has 0 unspecified atom stereocenters. The van der Waals surface area contributed by atoms with Crippen LogP contribution in [0.3, 0.4) is 0 Å². The molecule has 0 aliphatic carbocycles. The topological polar surface area (TPSA) is 94.6 Å². The molecule has 2 amide bonds. The molecule has 0 atom stereocenters. The predicted molar refractivity (Wildman–Crippen MR) is 99.7 cm³/mol. The van der Waals surface area contributed by atoms with Crippen LogP contribution in [0.25, 0.3) is 11.0 Å². The number of nitrogens with one attached hydrogen (secondary N) is 1. The molecule has 1 heterocycles. The fourth-order valence-electron chi connectivity index (χ4n) is 2.55. The SMILES string of the molecule is Cc1c(C(=O)Nc2ccccc2OCCC(N)=O)oc2ccc(Cl)cc12. The van der Waals surface area contributed by atoms with E-state index in [0.717, 1.165) is 5.39 Å². The fourth-order valence-corrected chi connectivity index (χ4v) is 2.72. The summed E-state index contributed by atoms with van der Waals surface area (Å²) in [5, 5.41) is 4.13. The summed E-state index contributed by atoms with van der Waals surface area (Å²) >= 11 is 6.01. The molecule has 7 heteroatoms. The third-order valence-electron chi connectivity index (χ3n) is 3.85. The van der Waals surface area contributed by atoms with Crippen LogP contribution in [0.1, 0.15) is 22.5 Å². The maximum Gasteiger partial charge on any atom is 0.291 e. The van der Waals surface area contributed by atoms with Gasteiger partial charge in [-0.3, -0.25) is 9.59 Å². The average molecular weight is 373 g/mol. The predicted octanol–water partition coefficient (Wildman–Crippen LogP) is 3.90. The van der Waals surface area contributed by atoms with Crippen LogP contribution in [0, 0.1) is 6.92 Å². The molecule has 0 aliphatic heterocycles. The number of para-hydroxylation sites is 2. The lowest BCUT2D eigenvalue weighted by molar-refractivity contribution is -0.118. The van der Waals surface area contributed by atoms with Gasteiger partial charge in [-0.1, -0.05) is 23.7 Å². The lowest BCUT2D eigenvalue weighted by atomic mass is 10.1. The summed E-state index contributed by atoms with van der Waals surface area (Å²) in [5.41, 5.74) is 6.86. The quantitative estimate of drug-likeness (QED) is 0.686.